The highest BCUT2D eigenvalue weighted by Crippen LogP contribution is 2.04. The first-order chi connectivity index (χ1) is 5.34. The quantitative estimate of drug-likeness (QED) is 0.560. The van der Waals surface area contributed by atoms with Gasteiger partial charge in [0.15, 0.2) is 0 Å². The van der Waals surface area contributed by atoms with Gasteiger partial charge in [-0.2, -0.15) is 0 Å². The normalized spacial score (nSPS) is 8.08. The molecule has 0 aromatic heterocycles. The second-order valence-corrected chi connectivity index (χ2v) is 2.61. The molecule has 0 aliphatic carbocycles. The molecule has 0 spiro atoms. The average Bonchev–Trinajstić information content (AvgIpc) is 2.03. The smallest absolute Gasteiger partial charge is 0.144 e. The lowest BCUT2D eigenvalue weighted by atomic mass is 9.95. The van der Waals surface area contributed by atoms with Gasteiger partial charge in [-0.05, 0) is 17.9 Å². The molecule has 4 N–H and O–H groups in total. The highest BCUT2D eigenvalue weighted by Gasteiger charge is 1.94. The molecule has 1 rings (SSSR count). The van der Waals surface area contributed by atoms with E-state index in [4.69, 9.17) is 4.74 Å². The third-order valence-corrected chi connectivity index (χ3v) is 1.56. The zero-order valence-electron chi connectivity index (χ0n) is 8.13. The fourth-order valence-corrected chi connectivity index (χ4v) is 0.930. The van der Waals surface area contributed by atoms with Crippen molar-refractivity contribution < 1.29 is 15.7 Å². The summed E-state index contributed by atoms with van der Waals surface area (Å²) in [6.07, 6.45) is 1.06. The second-order valence-electron chi connectivity index (χ2n) is 2.61. The number of hydrogen-bond donors (Lipinski definition) is 0. The van der Waals surface area contributed by atoms with Gasteiger partial charge in [0.2, 0.25) is 0 Å². The van der Waals surface area contributed by atoms with Crippen molar-refractivity contribution in [2.45, 2.75) is 13.3 Å². The van der Waals surface area contributed by atoms with E-state index in [0.29, 0.717) is 0 Å². The summed E-state index contributed by atoms with van der Waals surface area (Å²) in [5.41, 5.74) is 1.21. The van der Waals surface area contributed by atoms with Crippen LogP contribution in [-0.4, -0.2) is 25.4 Å². The summed E-state index contributed by atoms with van der Waals surface area (Å²) in [6, 6.07) is 8.09. The Morgan fingerprint density at radius 2 is 1.85 bits per heavy atom. The first-order valence-electron chi connectivity index (χ1n) is 4.03. The number of hydrogen-bond acceptors (Lipinski definition) is 1. The van der Waals surface area contributed by atoms with Crippen LogP contribution in [0.3, 0.4) is 0 Å². The molecular weight excluding hydrogens is 167 g/mol. The van der Waals surface area contributed by atoms with Crippen LogP contribution in [0.4, 0.5) is 0 Å². The Hall–Kier alpha value is -0.995. The van der Waals surface area contributed by atoms with Crippen molar-refractivity contribution in [2.75, 3.05) is 6.61 Å². The molecule has 0 aliphatic heterocycles. The van der Waals surface area contributed by atoms with Gasteiger partial charge in [0.05, 0.1) is 6.61 Å². The fourth-order valence-electron chi connectivity index (χ4n) is 0.930. The van der Waals surface area contributed by atoms with Gasteiger partial charge in [0.1, 0.15) is 13.6 Å². The minimum Gasteiger partial charge on any atom is -0.494 e. The van der Waals surface area contributed by atoms with Gasteiger partial charge in [-0.1, -0.05) is 25.1 Å². The van der Waals surface area contributed by atoms with E-state index in [1.165, 1.54) is 5.46 Å². The molecule has 0 saturated heterocycles. The lowest BCUT2D eigenvalue weighted by Gasteiger charge is -2.06. The van der Waals surface area contributed by atoms with Crippen molar-refractivity contribution in [3.05, 3.63) is 24.3 Å². The maximum atomic E-state index is 5.49. The van der Waals surface area contributed by atoms with Crippen LogP contribution in [0.15, 0.2) is 24.3 Å². The van der Waals surface area contributed by atoms with E-state index in [1.54, 1.807) is 0 Å². The maximum absolute atomic E-state index is 5.49. The number of ether oxygens (including phenoxy) is 1. The van der Waals surface area contributed by atoms with E-state index in [2.05, 4.69) is 20.8 Å². The molecule has 0 bridgehead atoms. The van der Waals surface area contributed by atoms with Crippen molar-refractivity contribution >= 4 is 13.3 Å². The van der Waals surface area contributed by atoms with Crippen LogP contribution in [0.1, 0.15) is 13.3 Å². The van der Waals surface area contributed by atoms with Gasteiger partial charge >= 0.3 is 0 Å². The summed E-state index contributed by atoms with van der Waals surface area (Å²) in [6.45, 7) is 2.92. The van der Waals surface area contributed by atoms with Gasteiger partial charge in [0, 0.05) is 0 Å². The largest absolute Gasteiger partial charge is 0.494 e. The lowest BCUT2D eigenvalue weighted by Crippen LogP contribution is -2.08. The van der Waals surface area contributed by atoms with Crippen LogP contribution in [0.2, 0.25) is 0 Å². The van der Waals surface area contributed by atoms with E-state index in [0.717, 1.165) is 18.8 Å². The summed E-state index contributed by atoms with van der Waals surface area (Å²) in [5.74, 6) is 1.01. The van der Waals surface area contributed by atoms with Crippen LogP contribution in [-0.2, 0) is 0 Å². The molecule has 0 fully saturated rings. The van der Waals surface area contributed by atoms with E-state index in [-0.39, 0.29) is 11.0 Å². The van der Waals surface area contributed by atoms with Crippen molar-refractivity contribution in [1.82, 2.24) is 0 Å². The summed E-state index contributed by atoms with van der Waals surface area (Å²) in [7, 11) is 2.06. The summed E-state index contributed by atoms with van der Waals surface area (Å²) in [5, 5.41) is 0. The number of rotatable bonds is 3. The van der Waals surface area contributed by atoms with E-state index in [1.807, 2.05) is 18.2 Å². The van der Waals surface area contributed by atoms with Gasteiger partial charge < -0.3 is 15.7 Å². The first kappa shape index (κ1) is 14.5. The molecule has 0 heterocycles. The number of para-hydroxylation sites is 1. The molecular formula is C9H17BO3. The standard InChI is InChI=1S/C9H13BO.2H2O/c1-2-7-11-9-6-4-3-5-8(9)10;;/h3-6H,2,7,10H2,1H3;2*1H2. The van der Waals surface area contributed by atoms with Crippen LogP contribution >= 0.6 is 0 Å². The zero-order valence-corrected chi connectivity index (χ0v) is 8.13. The van der Waals surface area contributed by atoms with Crippen LogP contribution < -0.4 is 10.2 Å². The predicted octanol–water partition coefficient (Wildman–Crippen LogP) is -0.916. The molecule has 1 aromatic carbocycles. The molecule has 3 nitrogen and oxygen atoms in total. The molecule has 1 aromatic rings. The molecule has 0 amide bonds. The van der Waals surface area contributed by atoms with Crippen LogP contribution in [0.5, 0.6) is 5.75 Å². The molecule has 0 atom stereocenters. The molecule has 74 valence electrons. The lowest BCUT2D eigenvalue weighted by molar-refractivity contribution is 0.320. The Balaban J connectivity index is 0. The van der Waals surface area contributed by atoms with Crippen molar-refractivity contribution in [3.63, 3.8) is 0 Å². The number of benzene rings is 1. The second kappa shape index (κ2) is 7.64. The molecule has 0 radical (unpaired) electrons. The summed E-state index contributed by atoms with van der Waals surface area (Å²) >= 11 is 0. The Morgan fingerprint density at radius 3 is 2.38 bits per heavy atom. The molecule has 13 heavy (non-hydrogen) atoms. The van der Waals surface area contributed by atoms with E-state index >= 15 is 0 Å². The topological polar surface area (TPSA) is 72.2 Å². The molecule has 0 unspecified atom stereocenters. The highest BCUT2D eigenvalue weighted by molar-refractivity contribution is 6.34. The molecule has 0 saturated carbocycles. The molecule has 4 heteroatoms. The van der Waals surface area contributed by atoms with Crippen molar-refractivity contribution in [2.24, 2.45) is 0 Å². The minimum absolute atomic E-state index is 0. The predicted molar refractivity (Wildman–Crippen MR) is 57.6 cm³/mol. The third kappa shape index (κ3) is 4.55. The fraction of sp³-hybridized carbons (Fsp3) is 0.333. The van der Waals surface area contributed by atoms with Gasteiger partial charge in [0.25, 0.3) is 0 Å². The molecule has 0 aliphatic rings. The summed E-state index contributed by atoms with van der Waals surface area (Å²) in [4.78, 5) is 0. The Labute approximate surface area is 79.8 Å². The Kier molecular flexibility index (Phi) is 8.54. The SMILES string of the molecule is Bc1ccccc1OCCC.O.O. The van der Waals surface area contributed by atoms with Crippen LogP contribution in [0, 0.1) is 0 Å². The highest BCUT2D eigenvalue weighted by atomic mass is 16.5. The van der Waals surface area contributed by atoms with Gasteiger partial charge in [-0.3, -0.25) is 0 Å². The average molecular weight is 184 g/mol. The zero-order chi connectivity index (χ0) is 8.10. The first-order valence-corrected chi connectivity index (χ1v) is 4.03. The Morgan fingerprint density at radius 1 is 1.23 bits per heavy atom. The Bertz CT molecular complexity index is 228. The van der Waals surface area contributed by atoms with Crippen LogP contribution in [0.25, 0.3) is 0 Å². The van der Waals surface area contributed by atoms with E-state index < -0.39 is 0 Å². The minimum atomic E-state index is 0. The summed E-state index contributed by atoms with van der Waals surface area (Å²) < 4.78 is 5.49. The third-order valence-electron chi connectivity index (χ3n) is 1.56. The monoisotopic (exact) mass is 184 g/mol. The van der Waals surface area contributed by atoms with Crippen molar-refractivity contribution in [1.29, 1.82) is 0 Å². The van der Waals surface area contributed by atoms with Gasteiger partial charge in [-0.25, -0.2) is 0 Å². The van der Waals surface area contributed by atoms with E-state index in [9.17, 15) is 0 Å². The van der Waals surface area contributed by atoms with Gasteiger partial charge in [-0.15, -0.1) is 0 Å². The van der Waals surface area contributed by atoms with Crippen molar-refractivity contribution in [3.8, 4) is 5.75 Å². The maximum Gasteiger partial charge on any atom is 0.144 e.